The zero-order chi connectivity index (χ0) is 19.4. The van der Waals surface area contributed by atoms with E-state index in [1.165, 1.54) is 35.7 Å². The number of carbonyl (C=O) groups is 1. The Hall–Kier alpha value is -1.54. The lowest BCUT2D eigenvalue weighted by atomic mass is 9.93. The molecule has 146 valence electrons. The Morgan fingerprint density at radius 1 is 1.30 bits per heavy atom. The molecule has 0 unspecified atom stereocenters. The highest BCUT2D eigenvalue weighted by molar-refractivity contribution is 9.10. The van der Waals surface area contributed by atoms with E-state index in [1.807, 2.05) is 24.3 Å². The Balaban J connectivity index is 1.69. The van der Waals surface area contributed by atoms with E-state index in [4.69, 9.17) is 5.84 Å². The van der Waals surface area contributed by atoms with Gasteiger partial charge in [0.1, 0.15) is 0 Å². The van der Waals surface area contributed by atoms with Gasteiger partial charge < -0.3 is 10.7 Å². The van der Waals surface area contributed by atoms with Gasteiger partial charge in [-0.15, -0.1) is 10.2 Å². The summed E-state index contributed by atoms with van der Waals surface area (Å²) in [6.45, 7) is 4.18. The molecule has 3 rings (SSSR count). The quantitative estimate of drug-likeness (QED) is 0.528. The maximum atomic E-state index is 12.9. The molecule has 1 fully saturated rings. The van der Waals surface area contributed by atoms with Crippen LogP contribution in [-0.2, 0) is 4.79 Å². The van der Waals surface area contributed by atoms with E-state index < -0.39 is 0 Å². The SMILES string of the molecule is CC(C)N(C(=O)CSc1nnc(-c2ccccc2Br)n1N)C1CCCCC1. The molecule has 0 bridgehead atoms. The number of nitrogen functional groups attached to an aromatic ring is 1. The first-order valence-electron chi connectivity index (χ1n) is 9.38. The summed E-state index contributed by atoms with van der Waals surface area (Å²) >= 11 is 4.86. The molecule has 0 atom stereocenters. The van der Waals surface area contributed by atoms with Crippen molar-refractivity contribution in [3.05, 3.63) is 28.7 Å². The minimum atomic E-state index is 0.146. The highest BCUT2D eigenvalue weighted by Gasteiger charge is 2.28. The first kappa shape index (κ1) is 20.2. The van der Waals surface area contributed by atoms with Gasteiger partial charge in [-0.05, 0) is 38.8 Å². The van der Waals surface area contributed by atoms with E-state index in [0.717, 1.165) is 22.9 Å². The number of hydrogen-bond acceptors (Lipinski definition) is 5. The molecule has 1 aliphatic rings. The van der Waals surface area contributed by atoms with Gasteiger partial charge in [-0.25, -0.2) is 4.68 Å². The third-order valence-corrected chi connectivity index (χ3v) is 6.54. The van der Waals surface area contributed by atoms with Gasteiger partial charge in [-0.1, -0.05) is 59.1 Å². The third kappa shape index (κ3) is 4.66. The molecule has 1 saturated carbocycles. The Morgan fingerprint density at radius 3 is 2.67 bits per heavy atom. The fourth-order valence-corrected chi connectivity index (χ4v) is 4.86. The van der Waals surface area contributed by atoms with Crippen molar-refractivity contribution in [1.82, 2.24) is 19.8 Å². The lowest BCUT2D eigenvalue weighted by molar-refractivity contribution is -0.133. The van der Waals surface area contributed by atoms with Crippen molar-refractivity contribution < 1.29 is 4.79 Å². The second-order valence-corrected chi connectivity index (χ2v) is 8.93. The Bertz CT molecular complexity index is 788. The largest absolute Gasteiger partial charge is 0.337 e. The van der Waals surface area contributed by atoms with E-state index in [9.17, 15) is 4.79 Å². The molecule has 2 aromatic rings. The first-order chi connectivity index (χ1) is 13.0. The summed E-state index contributed by atoms with van der Waals surface area (Å²) in [5, 5.41) is 8.93. The number of nitrogens with two attached hydrogens (primary N) is 1. The summed E-state index contributed by atoms with van der Waals surface area (Å²) < 4.78 is 2.36. The number of benzene rings is 1. The zero-order valence-electron chi connectivity index (χ0n) is 15.8. The molecule has 1 aliphatic carbocycles. The van der Waals surface area contributed by atoms with E-state index >= 15 is 0 Å². The van der Waals surface area contributed by atoms with Gasteiger partial charge in [-0.2, -0.15) is 0 Å². The number of aromatic nitrogens is 3. The lowest BCUT2D eigenvalue weighted by Gasteiger charge is -2.37. The Labute approximate surface area is 173 Å². The normalized spacial score (nSPS) is 15.3. The van der Waals surface area contributed by atoms with Crippen LogP contribution in [0.25, 0.3) is 11.4 Å². The van der Waals surface area contributed by atoms with Crippen molar-refractivity contribution in [1.29, 1.82) is 0 Å². The van der Waals surface area contributed by atoms with Crippen LogP contribution in [0.4, 0.5) is 0 Å². The van der Waals surface area contributed by atoms with Crippen molar-refractivity contribution in [2.45, 2.75) is 63.2 Å². The van der Waals surface area contributed by atoms with Crippen molar-refractivity contribution in [2.24, 2.45) is 0 Å². The van der Waals surface area contributed by atoms with Crippen LogP contribution < -0.4 is 5.84 Å². The highest BCUT2D eigenvalue weighted by atomic mass is 79.9. The standard InChI is InChI=1S/C19H26BrN5OS/c1-13(2)24(14-8-4-3-5-9-14)17(26)12-27-19-23-22-18(25(19)21)15-10-6-7-11-16(15)20/h6-7,10-11,13-14H,3-5,8-9,12,21H2,1-2H3. The molecule has 2 N–H and O–H groups in total. The molecule has 0 radical (unpaired) electrons. The smallest absolute Gasteiger partial charge is 0.233 e. The summed E-state index contributed by atoms with van der Waals surface area (Å²) in [4.78, 5) is 15.0. The van der Waals surface area contributed by atoms with Crippen LogP contribution in [0.2, 0.25) is 0 Å². The number of carbonyl (C=O) groups excluding carboxylic acids is 1. The first-order valence-corrected chi connectivity index (χ1v) is 11.2. The predicted molar refractivity (Wildman–Crippen MR) is 113 cm³/mol. The Morgan fingerprint density at radius 2 is 2.00 bits per heavy atom. The molecule has 0 spiro atoms. The second-order valence-electron chi connectivity index (χ2n) is 7.13. The van der Waals surface area contributed by atoms with E-state index in [2.05, 4.69) is 44.9 Å². The molecule has 8 heteroatoms. The van der Waals surface area contributed by atoms with Crippen LogP contribution in [0.5, 0.6) is 0 Å². The molecular formula is C19H26BrN5OS. The monoisotopic (exact) mass is 451 g/mol. The van der Waals surface area contributed by atoms with Crippen molar-refractivity contribution in [2.75, 3.05) is 11.6 Å². The van der Waals surface area contributed by atoms with Crippen LogP contribution in [0.15, 0.2) is 33.9 Å². The van der Waals surface area contributed by atoms with Crippen LogP contribution in [0, 0.1) is 0 Å². The molecule has 6 nitrogen and oxygen atoms in total. The Kier molecular flexibility index (Phi) is 6.81. The molecule has 0 saturated heterocycles. The maximum absolute atomic E-state index is 12.9. The molecule has 1 aromatic carbocycles. The van der Waals surface area contributed by atoms with Gasteiger partial charge in [0.15, 0.2) is 5.82 Å². The summed E-state index contributed by atoms with van der Waals surface area (Å²) in [6.07, 6.45) is 5.91. The number of halogens is 1. The van der Waals surface area contributed by atoms with Gasteiger partial charge in [0.05, 0.1) is 5.75 Å². The average Bonchev–Trinajstić information content (AvgIpc) is 3.01. The van der Waals surface area contributed by atoms with Gasteiger partial charge >= 0.3 is 0 Å². The molecule has 1 heterocycles. The second kappa shape index (κ2) is 9.10. The minimum absolute atomic E-state index is 0.146. The topological polar surface area (TPSA) is 77.0 Å². The summed E-state index contributed by atoms with van der Waals surface area (Å²) in [7, 11) is 0. The molecule has 27 heavy (non-hydrogen) atoms. The van der Waals surface area contributed by atoms with E-state index in [1.54, 1.807) is 0 Å². The van der Waals surface area contributed by atoms with Gasteiger partial charge in [0.2, 0.25) is 11.1 Å². The summed E-state index contributed by atoms with van der Waals surface area (Å²) in [5.74, 6) is 7.23. The third-order valence-electron chi connectivity index (χ3n) is 4.92. The van der Waals surface area contributed by atoms with Crippen molar-refractivity contribution in [3.63, 3.8) is 0 Å². The van der Waals surface area contributed by atoms with Crippen molar-refractivity contribution in [3.8, 4) is 11.4 Å². The average molecular weight is 452 g/mol. The van der Waals surface area contributed by atoms with E-state index in [-0.39, 0.29) is 11.9 Å². The van der Waals surface area contributed by atoms with Gasteiger partial charge in [0.25, 0.3) is 0 Å². The molecular weight excluding hydrogens is 426 g/mol. The maximum Gasteiger partial charge on any atom is 0.233 e. The van der Waals surface area contributed by atoms with Gasteiger partial charge in [-0.3, -0.25) is 4.79 Å². The molecule has 1 amide bonds. The number of thioether (sulfide) groups is 1. The predicted octanol–water partition coefficient (Wildman–Crippen LogP) is 4.08. The highest BCUT2D eigenvalue weighted by Crippen LogP contribution is 2.29. The van der Waals surface area contributed by atoms with Gasteiger partial charge in [0, 0.05) is 22.1 Å². The van der Waals surface area contributed by atoms with Crippen LogP contribution >= 0.6 is 27.7 Å². The number of nitrogens with zero attached hydrogens (tertiary/aromatic N) is 4. The lowest BCUT2D eigenvalue weighted by Crippen LogP contribution is -2.46. The van der Waals surface area contributed by atoms with Crippen molar-refractivity contribution >= 4 is 33.6 Å². The zero-order valence-corrected chi connectivity index (χ0v) is 18.2. The molecule has 1 aromatic heterocycles. The fraction of sp³-hybridized carbons (Fsp3) is 0.526. The number of amides is 1. The number of hydrogen-bond donors (Lipinski definition) is 1. The number of rotatable bonds is 6. The van der Waals surface area contributed by atoms with E-state index in [0.29, 0.717) is 22.8 Å². The summed E-state index contributed by atoms with van der Waals surface area (Å²) in [6, 6.07) is 8.29. The fourth-order valence-electron chi connectivity index (χ4n) is 3.67. The summed E-state index contributed by atoms with van der Waals surface area (Å²) in [5.41, 5.74) is 0.872. The van der Waals surface area contributed by atoms with Crippen LogP contribution in [0.3, 0.4) is 0 Å². The van der Waals surface area contributed by atoms with Crippen LogP contribution in [0.1, 0.15) is 46.0 Å². The minimum Gasteiger partial charge on any atom is -0.337 e. The molecule has 0 aliphatic heterocycles. The van der Waals surface area contributed by atoms with Crippen LogP contribution in [-0.4, -0.2) is 43.5 Å².